The van der Waals surface area contributed by atoms with Gasteiger partial charge < -0.3 is 9.84 Å². The van der Waals surface area contributed by atoms with E-state index in [1.54, 1.807) is 6.07 Å². The highest BCUT2D eigenvalue weighted by Crippen LogP contribution is 2.31. The maximum absolute atomic E-state index is 13.8. The first-order valence-corrected chi connectivity index (χ1v) is 7.27. The lowest BCUT2D eigenvalue weighted by molar-refractivity contribution is 0.0691. The zero-order valence-electron chi connectivity index (χ0n) is 10.4. The minimum atomic E-state index is -1.19. The highest BCUT2D eigenvalue weighted by molar-refractivity contribution is 9.10. The molecule has 0 aliphatic carbocycles. The predicted octanol–water partition coefficient (Wildman–Crippen LogP) is 4.77. The molecule has 0 bridgehead atoms. The maximum atomic E-state index is 13.8. The van der Waals surface area contributed by atoms with E-state index in [1.165, 1.54) is 18.2 Å². The van der Waals surface area contributed by atoms with Crippen LogP contribution in [0.1, 0.15) is 15.9 Å². The van der Waals surface area contributed by atoms with Crippen molar-refractivity contribution >= 4 is 37.8 Å². The Balaban J connectivity index is 2.34. The number of para-hydroxylation sites is 1. The number of hydrogen-bond acceptors (Lipinski definition) is 2. The van der Waals surface area contributed by atoms with Crippen molar-refractivity contribution in [1.29, 1.82) is 0 Å². The molecule has 0 saturated heterocycles. The van der Waals surface area contributed by atoms with Crippen LogP contribution in [0.5, 0.6) is 5.75 Å². The largest absolute Gasteiger partial charge is 0.487 e. The number of carbonyl (C=O) groups is 1. The van der Waals surface area contributed by atoms with Crippen LogP contribution >= 0.6 is 31.9 Å². The van der Waals surface area contributed by atoms with E-state index in [9.17, 15) is 13.6 Å². The molecule has 0 aliphatic rings. The summed E-state index contributed by atoms with van der Waals surface area (Å²) in [6.07, 6.45) is 0. The molecular weight excluding hydrogens is 414 g/mol. The van der Waals surface area contributed by atoms with E-state index in [0.29, 0.717) is 4.47 Å². The minimum Gasteiger partial charge on any atom is -0.487 e. The number of aromatic carboxylic acids is 1. The van der Waals surface area contributed by atoms with Gasteiger partial charge in [-0.15, -0.1) is 0 Å². The molecule has 0 heterocycles. The van der Waals surface area contributed by atoms with Gasteiger partial charge in [-0.25, -0.2) is 13.6 Å². The van der Waals surface area contributed by atoms with Gasteiger partial charge in [-0.3, -0.25) is 0 Å². The number of benzene rings is 2. The average Bonchev–Trinajstić information content (AvgIpc) is 2.44. The Labute approximate surface area is 135 Å². The second-order valence-electron chi connectivity index (χ2n) is 4.03. The van der Waals surface area contributed by atoms with Gasteiger partial charge in [-0.05, 0) is 56.1 Å². The lowest BCUT2D eigenvalue weighted by Gasteiger charge is -2.12. The van der Waals surface area contributed by atoms with Crippen LogP contribution in [0.25, 0.3) is 0 Å². The van der Waals surface area contributed by atoms with Crippen LogP contribution in [0.2, 0.25) is 0 Å². The van der Waals surface area contributed by atoms with Crippen LogP contribution < -0.4 is 4.74 Å². The van der Waals surface area contributed by atoms with Crippen molar-refractivity contribution < 1.29 is 23.4 Å². The number of hydrogen-bond donors (Lipinski definition) is 1. The summed E-state index contributed by atoms with van der Waals surface area (Å²) in [5.74, 6) is -2.72. The molecule has 7 heteroatoms. The van der Waals surface area contributed by atoms with Crippen molar-refractivity contribution in [2.45, 2.75) is 6.61 Å². The molecule has 1 N–H and O–H groups in total. The minimum absolute atomic E-state index is 0.0174. The SMILES string of the molecule is O=C(O)c1cccc(Br)c1OCc1c(F)ccc(Br)c1F. The first kappa shape index (κ1) is 15.9. The molecule has 0 aliphatic heterocycles. The molecule has 3 nitrogen and oxygen atoms in total. The van der Waals surface area contributed by atoms with E-state index in [2.05, 4.69) is 31.9 Å². The summed E-state index contributed by atoms with van der Waals surface area (Å²) < 4.78 is 33.2. The van der Waals surface area contributed by atoms with Crippen molar-refractivity contribution in [1.82, 2.24) is 0 Å². The van der Waals surface area contributed by atoms with Crippen LogP contribution in [0.3, 0.4) is 0 Å². The lowest BCUT2D eigenvalue weighted by atomic mass is 10.2. The predicted molar refractivity (Wildman–Crippen MR) is 79.5 cm³/mol. The number of carboxylic acid groups (broad SMARTS) is 1. The Hall–Kier alpha value is -1.47. The van der Waals surface area contributed by atoms with E-state index < -0.39 is 24.2 Å². The average molecular weight is 422 g/mol. The van der Waals surface area contributed by atoms with Gasteiger partial charge in [0.1, 0.15) is 29.6 Å². The van der Waals surface area contributed by atoms with Gasteiger partial charge in [0.2, 0.25) is 0 Å². The number of rotatable bonds is 4. The fraction of sp³-hybridized carbons (Fsp3) is 0.0714. The molecule has 0 radical (unpaired) electrons. The third-order valence-electron chi connectivity index (χ3n) is 2.70. The first-order chi connectivity index (χ1) is 9.91. The number of ether oxygens (including phenoxy) is 1. The van der Waals surface area contributed by atoms with E-state index >= 15 is 0 Å². The Morgan fingerprint density at radius 2 is 1.86 bits per heavy atom. The molecule has 110 valence electrons. The van der Waals surface area contributed by atoms with E-state index in [1.807, 2.05) is 0 Å². The van der Waals surface area contributed by atoms with Gasteiger partial charge in [0, 0.05) is 0 Å². The van der Waals surface area contributed by atoms with Crippen LogP contribution in [0.15, 0.2) is 39.3 Å². The fourth-order valence-electron chi connectivity index (χ4n) is 1.67. The zero-order valence-corrected chi connectivity index (χ0v) is 13.5. The smallest absolute Gasteiger partial charge is 0.339 e. The molecule has 0 atom stereocenters. The number of halogens is 4. The van der Waals surface area contributed by atoms with E-state index in [-0.39, 0.29) is 21.3 Å². The summed E-state index contributed by atoms with van der Waals surface area (Å²) >= 11 is 6.11. The molecule has 2 aromatic rings. The zero-order chi connectivity index (χ0) is 15.6. The molecule has 21 heavy (non-hydrogen) atoms. The van der Waals surface area contributed by atoms with Gasteiger partial charge in [0.05, 0.1) is 14.5 Å². The Morgan fingerprint density at radius 3 is 2.52 bits per heavy atom. The van der Waals surface area contributed by atoms with Gasteiger partial charge in [0.15, 0.2) is 0 Å². The van der Waals surface area contributed by atoms with Crippen LogP contribution in [-0.2, 0) is 6.61 Å². The third kappa shape index (κ3) is 3.41. The molecule has 0 unspecified atom stereocenters. The van der Waals surface area contributed by atoms with Gasteiger partial charge in [0.25, 0.3) is 0 Å². The van der Waals surface area contributed by atoms with Crippen molar-refractivity contribution in [2.24, 2.45) is 0 Å². The standard InChI is InChI=1S/C14H8Br2F2O3/c15-9-4-5-11(17)8(12(9)18)6-21-13-7(14(19)20)2-1-3-10(13)16/h1-5H,6H2,(H,19,20). The fourth-order valence-corrected chi connectivity index (χ4v) is 2.52. The van der Waals surface area contributed by atoms with Crippen molar-refractivity contribution in [3.8, 4) is 5.75 Å². The lowest BCUT2D eigenvalue weighted by Crippen LogP contribution is -2.07. The Morgan fingerprint density at radius 1 is 1.14 bits per heavy atom. The third-order valence-corrected chi connectivity index (χ3v) is 3.93. The maximum Gasteiger partial charge on any atom is 0.339 e. The summed E-state index contributed by atoms with van der Waals surface area (Å²) in [4.78, 5) is 11.1. The van der Waals surface area contributed by atoms with E-state index in [4.69, 9.17) is 9.84 Å². The quantitative estimate of drug-likeness (QED) is 0.723. The molecule has 0 aromatic heterocycles. The molecule has 2 aromatic carbocycles. The molecule has 0 fully saturated rings. The second kappa shape index (κ2) is 6.53. The molecule has 2 rings (SSSR count). The molecule has 0 amide bonds. The molecule has 0 spiro atoms. The molecule has 0 saturated carbocycles. The summed E-state index contributed by atoms with van der Waals surface area (Å²) in [7, 11) is 0. The monoisotopic (exact) mass is 420 g/mol. The van der Waals surface area contributed by atoms with Crippen molar-refractivity contribution in [3.63, 3.8) is 0 Å². The van der Waals surface area contributed by atoms with Gasteiger partial charge >= 0.3 is 5.97 Å². The highest BCUT2D eigenvalue weighted by Gasteiger charge is 2.17. The van der Waals surface area contributed by atoms with E-state index in [0.717, 1.165) is 6.07 Å². The highest BCUT2D eigenvalue weighted by atomic mass is 79.9. The first-order valence-electron chi connectivity index (χ1n) is 5.68. The number of carboxylic acids is 1. The van der Waals surface area contributed by atoms with Crippen molar-refractivity contribution in [2.75, 3.05) is 0 Å². The van der Waals surface area contributed by atoms with Crippen molar-refractivity contribution in [3.05, 3.63) is 62.0 Å². The summed E-state index contributed by atoms with van der Waals surface area (Å²) in [6.45, 7) is -0.431. The Kier molecular flexibility index (Phi) is 4.95. The Bertz CT molecular complexity index is 705. The summed E-state index contributed by atoms with van der Waals surface area (Å²) in [5, 5.41) is 9.08. The molecular formula is C14H8Br2F2O3. The second-order valence-corrected chi connectivity index (χ2v) is 5.74. The van der Waals surface area contributed by atoms with Crippen LogP contribution in [0.4, 0.5) is 8.78 Å². The van der Waals surface area contributed by atoms with Crippen LogP contribution in [-0.4, -0.2) is 11.1 Å². The van der Waals surface area contributed by atoms with Gasteiger partial charge in [-0.2, -0.15) is 0 Å². The topological polar surface area (TPSA) is 46.5 Å². The summed E-state index contributed by atoms with van der Waals surface area (Å²) in [6, 6.07) is 6.80. The summed E-state index contributed by atoms with van der Waals surface area (Å²) in [5.41, 5.74) is -0.378. The van der Waals surface area contributed by atoms with Crippen LogP contribution in [0, 0.1) is 11.6 Å². The normalized spacial score (nSPS) is 10.5. The van der Waals surface area contributed by atoms with Gasteiger partial charge in [-0.1, -0.05) is 6.07 Å².